The summed E-state index contributed by atoms with van der Waals surface area (Å²) in [5, 5.41) is 5.86. The van der Waals surface area contributed by atoms with Crippen LogP contribution in [0.15, 0.2) is 72.8 Å². The lowest BCUT2D eigenvalue weighted by Crippen LogP contribution is -2.40. The van der Waals surface area contributed by atoms with Crippen LogP contribution in [0.3, 0.4) is 0 Å². The lowest BCUT2D eigenvalue weighted by Gasteiger charge is -2.20. The summed E-state index contributed by atoms with van der Waals surface area (Å²) in [7, 11) is 1.32. The van der Waals surface area contributed by atoms with E-state index >= 15 is 0 Å². The maximum Gasteiger partial charge on any atom is 0.337 e. The van der Waals surface area contributed by atoms with Gasteiger partial charge in [-0.15, -0.1) is 0 Å². The quantitative estimate of drug-likeness (QED) is 0.547. The van der Waals surface area contributed by atoms with E-state index in [1.54, 1.807) is 24.3 Å². The maximum atomic E-state index is 12.8. The number of fused-ring (bicyclic) bond motifs is 1. The summed E-state index contributed by atoms with van der Waals surface area (Å²) < 4.78 is 15.6. The van der Waals surface area contributed by atoms with Crippen molar-refractivity contribution in [3.8, 4) is 11.5 Å². The molecule has 1 atom stereocenters. The van der Waals surface area contributed by atoms with Crippen molar-refractivity contribution in [2.45, 2.75) is 18.9 Å². The minimum absolute atomic E-state index is 0.165. The van der Waals surface area contributed by atoms with E-state index < -0.39 is 5.97 Å². The number of carbonyl (C=O) groups excluding carboxylic acids is 2. The van der Waals surface area contributed by atoms with Gasteiger partial charge in [0.2, 0.25) is 6.79 Å². The van der Waals surface area contributed by atoms with Gasteiger partial charge >= 0.3 is 12.0 Å². The third kappa shape index (κ3) is 5.37. The molecule has 2 N–H and O–H groups in total. The van der Waals surface area contributed by atoms with Gasteiger partial charge in [-0.2, -0.15) is 0 Å². The van der Waals surface area contributed by atoms with E-state index in [1.807, 2.05) is 48.5 Å². The van der Waals surface area contributed by atoms with Gasteiger partial charge in [-0.3, -0.25) is 0 Å². The second kappa shape index (κ2) is 9.87. The summed E-state index contributed by atoms with van der Waals surface area (Å²) in [6.45, 7) is 0.220. The Morgan fingerprint density at radius 1 is 0.906 bits per heavy atom. The summed E-state index contributed by atoms with van der Waals surface area (Å²) >= 11 is 0. The van der Waals surface area contributed by atoms with Gasteiger partial charge in [0.1, 0.15) is 0 Å². The Morgan fingerprint density at radius 3 is 2.50 bits per heavy atom. The van der Waals surface area contributed by atoms with Gasteiger partial charge in [0.15, 0.2) is 11.5 Å². The molecule has 1 aliphatic rings. The lowest BCUT2D eigenvalue weighted by molar-refractivity contribution is 0.0600. The molecule has 3 aromatic carbocycles. The average Bonchev–Trinajstić information content (AvgIpc) is 3.27. The Kier molecular flexibility index (Phi) is 6.55. The van der Waals surface area contributed by atoms with E-state index in [1.165, 1.54) is 7.11 Å². The number of carbonyl (C=O) groups is 2. The Hall–Kier alpha value is -4.00. The standard InChI is InChI=1S/C25H24N2O5/c1-30-24(28)19-8-5-9-20(15-19)26-25(29)27-21(12-17-6-3-2-4-7-17)13-18-10-11-22-23(14-18)32-16-31-22/h2-11,14-15,21H,12-13,16H2,1H3,(H2,26,27,29)/t21-/m0/s1. The maximum absolute atomic E-state index is 12.8. The van der Waals surface area contributed by atoms with Crippen LogP contribution >= 0.6 is 0 Å². The Balaban J connectivity index is 1.47. The fourth-order valence-electron chi connectivity index (χ4n) is 3.62. The third-order valence-electron chi connectivity index (χ3n) is 5.12. The van der Waals surface area contributed by atoms with Crippen molar-refractivity contribution in [2.75, 3.05) is 19.2 Å². The Labute approximate surface area is 186 Å². The number of urea groups is 1. The van der Waals surface area contributed by atoms with Gasteiger partial charge in [0, 0.05) is 11.7 Å². The molecule has 0 saturated carbocycles. The number of hydrogen-bond acceptors (Lipinski definition) is 5. The smallest absolute Gasteiger partial charge is 0.337 e. The first-order chi connectivity index (χ1) is 15.6. The fourth-order valence-corrected chi connectivity index (χ4v) is 3.62. The van der Waals surface area contributed by atoms with Crippen molar-refractivity contribution in [1.82, 2.24) is 5.32 Å². The molecule has 164 valence electrons. The van der Waals surface area contributed by atoms with Crippen molar-refractivity contribution < 1.29 is 23.8 Å². The molecule has 0 unspecified atom stereocenters. The molecule has 1 heterocycles. The van der Waals surface area contributed by atoms with E-state index in [2.05, 4.69) is 10.6 Å². The second-order valence-corrected chi connectivity index (χ2v) is 7.45. The number of methoxy groups -OCH3 is 1. The number of hydrogen-bond donors (Lipinski definition) is 2. The monoisotopic (exact) mass is 432 g/mol. The highest BCUT2D eigenvalue weighted by molar-refractivity contribution is 5.94. The molecular weight excluding hydrogens is 408 g/mol. The number of amides is 2. The molecule has 0 fully saturated rings. The minimum atomic E-state index is -0.459. The first kappa shape index (κ1) is 21.2. The largest absolute Gasteiger partial charge is 0.465 e. The fraction of sp³-hybridized carbons (Fsp3) is 0.200. The zero-order valence-electron chi connectivity index (χ0n) is 17.7. The molecule has 7 nitrogen and oxygen atoms in total. The molecule has 3 aromatic rings. The van der Waals surface area contributed by atoms with Crippen LogP contribution in [0.2, 0.25) is 0 Å². The molecule has 2 amide bonds. The molecule has 0 radical (unpaired) electrons. The SMILES string of the molecule is COC(=O)c1cccc(NC(=O)N[C@@H](Cc2ccccc2)Cc2ccc3c(c2)OCO3)c1. The molecule has 0 bridgehead atoms. The highest BCUT2D eigenvalue weighted by Crippen LogP contribution is 2.33. The van der Waals surface area contributed by atoms with E-state index in [-0.39, 0.29) is 18.9 Å². The lowest BCUT2D eigenvalue weighted by atomic mass is 9.98. The van der Waals surface area contributed by atoms with Crippen LogP contribution in [-0.2, 0) is 17.6 Å². The number of benzene rings is 3. The normalized spacial score (nSPS) is 12.7. The van der Waals surface area contributed by atoms with Crippen molar-refractivity contribution in [1.29, 1.82) is 0 Å². The van der Waals surface area contributed by atoms with Crippen LogP contribution < -0.4 is 20.1 Å². The van der Waals surface area contributed by atoms with Crippen molar-refractivity contribution in [2.24, 2.45) is 0 Å². The van der Waals surface area contributed by atoms with Crippen LogP contribution in [0.25, 0.3) is 0 Å². The summed E-state index contributed by atoms with van der Waals surface area (Å²) in [6, 6.07) is 21.9. The van der Waals surface area contributed by atoms with E-state index in [9.17, 15) is 9.59 Å². The first-order valence-electron chi connectivity index (χ1n) is 10.3. The van der Waals surface area contributed by atoms with Gasteiger partial charge in [0.05, 0.1) is 12.7 Å². The summed E-state index contributed by atoms with van der Waals surface area (Å²) in [4.78, 5) is 24.5. The summed E-state index contributed by atoms with van der Waals surface area (Å²) in [5.41, 5.74) is 3.02. The van der Waals surface area contributed by atoms with Crippen LogP contribution in [0.4, 0.5) is 10.5 Å². The number of nitrogens with one attached hydrogen (secondary N) is 2. The van der Waals surface area contributed by atoms with Crippen molar-refractivity contribution in [3.05, 3.63) is 89.5 Å². The highest BCUT2D eigenvalue weighted by Gasteiger charge is 2.18. The molecule has 0 aromatic heterocycles. The van der Waals surface area contributed by atoms with Gasteiger partial charge in [0.25, 0.3) is 0 Å². The van der Waals surface area contributed by atoms with Gasteiger partial charge in [-0.05, 0) is 54.3 Å². The van der Waals surface area contributed by atoms with Crippen molar-refractivity contribution in [3.63, 3.8) is 0 Å². The molecule has 0 spiro atoms. The Bertz CT molecular complexity index is 1100. The third-order valence-corrected chi connectivity index (χ3v) is 5.12. The van der Waals surface area contributed by atoms with Crippen LogP contribution in [-0.4, -0.2) is 31.9 Å². The molecule has 0 saturated heterocycles. The molecule has 7 heteroatoms. The van der Waals surface area contributed by atoms with Crippen molar-refractivity contribution >= 4 is 17.7 Å². The molecule has 32 heavy (non-hydrogen) atoms. The van der Waals surface area contributed by atoms with Crippen LogP contribution in [0.1, 0.15) is 21.5 Å². The first-order valence-corrected chi connectivity index (χ1v) is 10.3. The molecule has 4 rings (SSSR count). The topological polar surface area (TPSA) is 85.9 Å². The average molecular weight is 432 g/mol. The molecule has 1 aliphatic heterocycles. The van der Waals surface area contributed by atoms with E-state index in [4.69, 9.17) is 14.2 Å². The van der Waals surface area contributed by atoms with Gasteiger partial charge in [-0.1, -0.05) is 42.5 Å². The molecular formula is C25H24N2O5. The minimum Gasteiger partial charge on any atom is -0.465 e. The molecule has 0 aliphatic carbocycles. The zero-order chi connectivity index (χ0) is 22.3. The second-order valence-electron chi connectivity index (χ2n) is 7.45. The van der Waals surface area contributed by atoms with Crippen LogP contribution in [0, 0.1) is 0 Å². The van der Waals surface area contributed by atoms with E-state index in [0.717, 1.165) is 16.9 Å². The van der Waals surface area contributed by atoms with E-state index in [0.29, 0.717) is 29.8 Å². The number of rotatable bonds is 7. The predicted octanol–water partition coefficient (Wildman–Crippen LogP) is 4.18. The van der Waals surface area contributed by atoms with Gasteiger partial charge < -0.3 is 24.8 Å². The zero-order valence-corrected chi connectivity index (χ0v) is 17.7. The number of anilines is 1. The summed E-state index contributed by atoms with van der Waals surface area (Å²) in [6.07, 6.45) is 1.27. The number of esters is 1. The van der Waals surface area contributed by atoms with Crippen LogP contribution in [0.5, 0.6) is 11.5 Å². The highest BCUT2D eigenvalue weighted by atomic mass is 16.7. The summed E-state index contributed by atoms with van der Waals surface area (Å²) in [5.74, 6) is 0.980. The van der Waals surface area contributed by atoms with Gasteiger partial charge in [-0.25, -0.2) is 9.59 Å². The predicted molar refractivity (Wildman–Crippen MR) is 120 cm³/mol. The Morgan fingerprint density at radius 2 is 1.69 bits per heavy atom. The number of ether oxygens (including phenoxy) is 3.